The van der Waals surface area contributed by atoms with Crippen LogP contribution in [0.2, 0.25) is 0 Å². The Labute approximate surface area is 135 Å². The highest BCUT2D eigenvalue weighted by Gasteiger charge is 2.34. The second-order valence-electron chi connectivity index (χ2n) is 4.16. The molecule has 0 saturated heterocycles. The lowest BCUT2D eigenvalue weighted by molar-refractivity contribution is 0.0595. The summed E-state index contributed by atoms with van der Waals surface area (Å²) in [4.78, 5) is 11.9. The predicted molar refractivity (Wildman–Crippen MR) is 84.3 cm³/mol. The molecular formula is C13H14BrN2O5P. The molecule has 0 aliphatic carbocycles. The van der Waals surface area contributed by atoms with Gasteiger partial charge in [0.1, 0.15) is 0 Å². The fourth-order valence-electron chi connectivity index (χ4n) is 1.92. The summed E-state index contributed by atoms with van der Waals surface area (Å²) >= 11 is 3.34. The number of hydrogen-bond donors (Lipinski definition) is 1. The van der Waals surface area contributed by atoms with E-state index < -0.39 is 13.6 Å². The third-order valence-electron chi connectivity index (χ3n) is 3.01. The fourth-order valence-corrected chi connectivity index (χ4v) is 3.38. The smallest absolute Gasteiger partial charge is 0.379 e. The Morgan fingerprint density at radius 1 is 1.18 bits per heavy atom. The molecule has 0 atom stereocenters. The largest absolute Gasteiger partial charge is 0.464 e. The zero-order valence-electron chi connectivity index (χ0n) is 12.1. The minimum Gasteiger partial charge on any atom is -0.464 e. The molecule has 0 aliphatic heterocycles. The minimum atomic E-state index is -3.62. The van der Waals surface area contributed by atoms with Crippen molar-refractivity contribution < 1.29 is 23.1 Å². The molecule has 0 aliphatic rings. The maximum atomic E-state index is 12.7. The molecule has 0 radical (unpaired) electrons. The number of rotatable bonds is 5. The van der Waals surface area contributed by atoms with E-state index in [4.69, 9.17) is 13.8 Å². The summed E-state index contributed by atoms with van der Waals surface area (Å²) in [6.07, 6.45) is 0. The van der Waals surface area contributed by atoms with Gasteiger partial charge in [0.15, 0.2) is 11.1 Å². The van der Waals surface area contributed by atoms with Crippen LogP contribution in [0.1, 0.15) is 10.5 Å². The monoisotopic (exact) mass is 388 g/mol. The molecule has 1 N–H and O–H groups in total. The number of nitrogens with one attached hydrogen (secondary N) is 1. The fraction of sp³-hybridized carbons (Fsp3) is 0.231. The molecule has 22 heavy (non-hydrogen) atoms. The second-order valence-corrected chi connectivity index (χ2v) is 7.25. The number of nitrogens with zero attached hydrogens (tertiary/aromatic N) is 1. The van der Waals surface area contributed by atoms with Crippen molar-refractivity contribution in [2.75, 3.05) is 21.3 Å². The van der Waals surface area contributed by atoms with E-state index in [-0.39, 0.29) is 11.1 Å². The van der Waals surface area contributed by atoms with Gasteiger partial charge in [-0.25, -0.2) is 4.79 Å². The number of carbonyl (C=O) groups excluding carboxylic acids is 1. The van der Waals surface area contributed by atoms with Crippen LogP contribution in [0.5, 0.6) is 0 Å². The van der Waals surface area contributed by atoms with Gasteiger partial charge in [0.25, 0.3) is 0 Å². The van der Waals surface area contributed by atoms with Crippen LogP contribution in [-0.4, -0.2) is 37.5 Å². The number of aromatic amines is 1. The average molecular weight is 389 g/mol. The van der Waals surface area contributed by atoms with Crippen LogP contribution in [0.25, 0.3) is 11.1 Å². The van der Waals surface area contributed by atoms with Crippen LogP contribution in [0.15, 0.2) is 28.7 Å². The van der Waals surface area contributed by atoms with E-state index in [1.807, 2.05) is 0 Å². The molecule has 0 saturated carbocycles. The lowest BCUT2D eigenvalue weighted by Crippen LogP contribution is -2.13. The van der Waals surface area contributed by atoms with Gasteiger partial charge >= 0.3 is 13.6 Å². The zero-order chi connectivity index (χ0) is 16.3. The lowest BCUT2D eigenvalue weighted by atomic mass is 10.1. The van der Waals surface area contributed by atoms with Crippen LogP contribution >= 0.6 is 23.5 Å². The molecule has 1 aromatic carbocycles. The Morgan fingerprint density at radius 2 is 1.77 bits per heavy atom. The van der Waals surface area contributed by atoms with E-state index in [9.17, 15) is 9.36 Å². The van der Waals surface area contributed by atoms with Gasteiger partial charge in [0, 0.05) is 18.7 Å². The number of H-pyrrole nitrogens is 1. The molecule has 1 aromatic heterocycles. The second kappa shape index (κ2) is 6.75. The highest BCUT2D eigenvalue weighted by molar-refractivity contribution is 9.10. The number of esters is 1. The van der Waals surface area contributed by atoms with E-state index in [2.05, 4.69) is 26.1 Å². The van der Waals surface area contributed by atoms with Crippen molar-refractivity contribution in [3.8, 4) is 11.1 Å². The Kier molecular flexibility index (Phi) is 5.18. The van der Waals surface area contributed by atoms with Gasteiger partial charge in [-0.1, -0.05) is 28.1 Å². The highest BCUT2D eigenvalue weighted by atomic mass is 79.9. The zero-order valence-corrected chi connectivity index (χ0v) is 14.6. The van der Waals surface area contributed by atoms with Gasteiger partial charge in [0.2, 0.25) is 0 Å². The normalized spacial score (nSPS) is 11.5. The lowest BCUT2D eigenvalue weighted by Gasteiger charge is -2.14. The quantitative estimate of drug-likeness (QED) is 0.625. The van der Waals surface area contributed by atoms with E-state index >= 15 is 0 Å². The standard InChI is InChI=1S/C13H14BrN2O5P/c1-19-13(17)11-10(8-4-6-9(14)7-5-8)12(16-15-11)22(18,20-2)21-3/h4-7H,1-3H3,(H,15,16). The van der Waals surface area contributed by atoms with Crippen molar-refractivity contribution in [3.63, 3.8) is 0 Å². The average Bonchev–Trinajstić information content (AvgIpc) is 2.99. The molecular weight excluding hydrogens is 375 g/mol. The Hall–Kier alpha value is -1.47. The maximum absolute atomic E-state index is 12.7. The van der Waals surface area contributed by atoms with Crippen molar-refractivity contribution in [1.29, 1.82) is 0 Å². The van der Waals surface area contributed by atoms with E-state index in [0.29, 0.717) is 11.1 Å². The number of halogens is 1. The SMILES string of the molecule is COC(=O)c1n[nH]c(P(=O)(OC)OC)c1-c1ccc(Br)cc1. The molecule has 1 heterocycles. The van der Waals surface area contributed by atoms with Crippen molar-refractivity contribution >= 4 is 34.9 Å². The first-order valence-electron chi connectivity index (χ1n) is 6.11. The van der Waals surface area contributed by atoms with Crippen molar-refractivity contribution in [3.05, 3.63) is 34.4 Å². The first kappa shape index (κ1) is 16.9. The molecule has 9 heteroatoms. The van der Waals surface area contributed by atoms with Gasteiger partial charge in [-0.3, -0.25) is 9.66 Å². The van der Waals surface area contributed by atoms with E-state index in [0.717, 1.165) is 4.47 Å². The summed E-state index contributed by atoms with van der Waals surface area (Å²) < 4.78 is 28.2. The number of aromatic nitrogens is 2. The van der Waals surface area contributed by atoms with Gasteiger partial charge in [-0.15, -0.1) is 0 Å². The Balaban J connectivity index is 2.71. The van der Waals surface area contributed by atoms with Gasteiger partial charge < -0.3 is 13.8 Å². The third-order valence-corrected chi connectivity index (χ3v) is 5.37. The molecule has 7 nitrogen and oxygen atoms in total. The van der Waals surface area contributed by atoms with Crippen molar-refractivity contribution in [2.24, 2.45) is 0 Å². The topological polar surface area (TPSA) is 90.5 Å². The summed E-state index contributed by atoms with van der Waals surface area (Å²) in [5.74, 6) is -0.654. The first-order valence-corrected chi connectivity index (χ1v) is 8.45. The van der Waals surface area contributed by atoms with E-state index in [1.54, 1.807) is 24.3 Å². The van der Waals surface area contributed by atoms with Crippen LogP contribution in [0, 0.1) is 0 Å². The third kappa shape index (κ3) is 3.01. The summed E-state index contributed by atoms with van der Waals surface area (Å²) in [6.45, 7) is 0. The highest BCUT2D eigenvalue weighted by Crippen LogP contribution is 2.47. The summed E-state index contributed by atoms with van der Waals surface area (Å²) in [7, 11) is 0.145. The maximum Gasteiger partial charge on any atom is 0.379 e. The van der Waals surface area contributed by atoms with Crippen LogP contribution in [0.4, 0.5) is 0 Å². The van der Waals surface area contributed by atoms with Gasteiger partial charge in [-0.2, -0.15) is 5.10 Å². The molecule has 0 amide bonds. The molecule has 118 valence electrons. The first-order chi connectivity index (χ1) is 10.5. The van der Waals surface area contributed by atoms with E-state index in [1.165, 1.54) is 21.3 Å². The molecule has 0 spiro atoms. The summed E-state index contributed by atoms with van der Waals surface area (Å²) in [5, 5.41) is 6.47. The number of benzene rings is 1. The number of ether oxygens (including phenoxy) is 1. The Bertz CT molecular complexity index is 721. The number of methoxy groups -OCH3 is 1. The van der Waals surface area contributed by atoms with Crippen LogP contribution in [-0.2, 0) is 18.3 Å². The van der Waals surface area contributed by atoms with Crippen LogP contribution < -0.4 is 5.44 Å². The predicted octanol–water partition coefficient (Wildman–Crippen LogP) is 2.74. The van der Waals surface area contributed by atoms with Crippen molar-refractivity contribution in [2.45, 2.75) is 0 Å². The van der Waals surface area contributed by atoms with Crippen LogP contribution in [0.3, 0.4) is 0 Å². The molecule has 0 unspecified atom stereocenters. The molecule has 2 aromatic rings. The van der Waals surface area contributed by atoms with Gasteiger partial charge in [-0.05, 0) is 17.7 Å². The summed E-state index contributed by atoms with van der Waals surface area (Å²) in [6, 6.07) is 7.08. The summed E-state index contributed by atoms with van der Waals surface area (Å²) in [5.41, 5.74) is 1.06. The molecule has 2 rings (SSSR count). The molecule has 0 fully saturated rings. The van der Waals surface area contributed by atoms with Gasteiger partial charge in [0.05, 0.1) is 12.7 Å². The number of hydrogen-bond acceptors (Lipinski definition) is 6. The minimum absolute atomic E-state index is 0.00847. The van der Waals surface area contributed by atoms with Crippen molar-refractivity contribution in [1.82, 2.24) is 10.2 Å². The Morgan fingerprint density at radius 3 is 2.27 bits per heavy atom. The number of carbonyl (C=O) groups is 1. The molecule has 0 bridgehead atoms.